The molecular weight excluding hydrogens is 244 g/mol. The first-order valence-corrected chi connectivity index (χ1v) is 6.07. The minimum atomic E-state index is -0.187. The highest BCUT2D eigenvalue weighted by Crippen LogP contribution is 2.15. The largest absolute Gasteiger partial charge is 0.475 e. The lowest BCUT2D eigenvalue weighted by atomic mass is 10.2. The van der Waals surface area contributed by atoms with E-state index in [1.807, 2.05) is 26.0 Å². The molecule has 0 aliphatic rings. The Hall–Kier alpha value is -2.30. The summed E-state index contributed by atoms with van der Waals surface area (Å²) >= 11 is 0. The Morgan fingerprint density at radius 3 is 3.00 bits per heavy atom. The molecule has 0 radical (unpaired) electrons. The second-order valence-corrected chi connectivity index (χ2v) is 4.33. The lowest BCUT2D eigenvalue weighted by molar-refractivity contribution is 0.0950. The average Bonchev–Trinajstić information content (AvgIpc) is 2.90. The van der Waals surface area contributed by atoms with Crippen LogP contribution in [-0.2, 0) is 6.54 Å². The van der Waals surface area contributed by atoms with Gasteiger partial charge in [-0.3, -0.25) is 4.79 Å². The Morgan fingerprint density at radius 1 is 1.47 bits per heavy atom. The lowest BCUT2D eigenvalue weighted by Gasteiger charge is -2.13. The second kappa shape index (κ2) is 6.04. The van der Waals surface area contributed by atoms with E-state index in [1.165, 1.54) is 12.5 Å². The first-order valence-electron chi connectivity index (χ1n) is 6.07. The van der Waals surface area contributed by atoms with Crippen LogP contribution >= 0.6 is 0 Å². The SMILES string of the molecule is CC(C)Oc1ncccc1CNC(=O)c1ccoc1. The van der Waals surface area contributed by atoms with Gasteiger partial charge < -0.3 is 14.5 Å². The maximum absolute atomic E-state index is 11.8. The molecule has 5 heteroatoms. The van der Waals surface area contributed by atoms with Gasteiger partial charge in [0.25, 0.3) is 5.91 Å². The normalized spacial score (nSPS) is 10.5. The predicted octanol–water partition coefficient (Wildman–Crippen LogP) is 2.39. The smallest absolute Gasteiger partial charge is 0.254 e. The fourth-order valence-corrected chi connectivity index (χ4v) is 1.56. The van der Waals surface area contributed by atoms with Crippen LogP contribution in [0.5, 0.6) is 5.88 Å². The molecule has 0 bridgehead atoms. The summed E-state index contributed by atoms with van der Waals surface area (Å²) in [6.45, 7) is 4.23. The van der Waals surface area contributed by atoms with Crippen molar-refractivity contribution in [1.29, 1.82) is 0 Å². The van der Waals surface area contributed by atoms with Crippen LogP contribution in [0.1, 0.15) is 29.8 Å². The summed E-state index contributed by atoms with van der Waals surface area (Å²) in [5.74, 6) is 0.359. The van der Waals surface area contributed by atoms with Crippen molar-refractivity contribution in [2.75, 3.05) is 0 Å². The first kappa shape index (κ1) is 13.1. The van der Waals surface area contributed by atoms with E-state index in [9.17, 15) is 4.79 Å². The standard InChI is InChI=1S/C14H16N2O3/c1-10(2)19-14-11(4-3-6-15-14)8-16-13(17)12-5-7-18-9-12/h3-7,9-10H,8H2,1-2H3,(H,16,17). The minimum absolute atomic E-state index is 0.0400. The van der Waals surface area contributed by atoms with Gasteiger partial charge in [0.1, 0.15) is 6.26 Å². The molecule has 1 amide bonds. The quantitative estimate of drug-likeness (QED) is 0.896. The Bertz CT molecular complexity index is 535. The first-order chi connectivity index (χ1) is 9.16. The van der Waals surface area contributed by atoms with Crippen molar-refractivity contribution >= 4 is 5.91 Å². The van der Waals surface area contributed by atoms with Crippen molar-refractivity contribution in [2.45, 2.75) is 26.5 Å². The van der Waals surface area contributed by atoms with E-state index in [4.69, 9.17) is 9.15 Å². The zero-order valence-electron chi connectivity index (χ0n) is 10.9. The number of carbonyl (C=O) groups is 1. The molecule has 100 valence electrons. The van der Waals surface area contributed by atoms with E-state index >= 15 is 0 Å². The topological polar surface area (TPSA) is 64.4 Å². The number of nitrogens with zero attached hydrogens (tertiary/aromatic N) is 1. The number of carbonyl (C=O) groups excluding carboxylic acids is 1. The molecule has 0 saturated heterocycles. The van der Waals surface area contributed by atoms with E-state index in [0.717, 1.165) is 5.56 Å². The molecule has 0 aliphatic carbocycles. The van der Waals surface area contributed by atoms with Crippen molar-refractivity contribution < 1.29 is 13.9 Å². The number of hydrogen-bond acceptors (Lipinski definition) is 4. The monoisotopic (exact) mass is 260 g/mol. The molecule has 0 spiro atoms. The van der Waals surface area contributed by atoms with Gasteiger partial charge >= 0.3 is 0 Å². The maximum Gasteiger partial charge on any atom is 0.254 e. The maximum atomic E-state index is 11.8. The number of hydrogen-bond donors (Lipinski definition) is 1. The minimum Gasteiger partial charge on any atom is -0.475 e. The van der Waals surface area contributed by atoms with E-state index in [0.29, 0.717) is 18.0 Å². The molecule has 0 fully saturated rings. The third-order valence-electron chi connectivity index (χ3n) is 2.42. The van der Waals surface area contributed by atoms with Crippen molar-refractivity contribution in [3.63, 3.8) is 0 Å². The average molecular weight is 260 g/mol. The van der Waals surface area contributed by atoms with Crippen LogP contribution in [-0.4, -0.2) is 17.0 Å². The van der Waals surface area contributed by atoms with E-state index in [2.05, 4.69) is 10.3 Å². The Kier molecular flexibility index (Phi) is 4.18. The van der Waals surface area contributed by atoms with Crippen LogP contribution in [0, 0.1) is 0 Å². The number of pyridine rings is 1. The molecule has 2 aromatic rings. The van der Waals surface area contributed by atoms with Gasteiger partial charge in [0.05, 0.1) is 17.9 Å². The molecule has 0 aliphatic heterocycles. The number of aromatic nitrogens is 1. The van der Waals surface area contributed by atoms with Crippen LogP contribution in [0.2, 0.25) is 0 Å². The molecule has 2 heterocycles. The van der Waals surface area contributed by atoms with Crippen LogP contribution in [0.15, 0.2) is 41.3 Å². The van der Waals surface area contributed by atoms with E-state index in [1.54, 1.807) is 12.3 Å². The summed E-state index contributed by atoms with van der Waals surface area (Å²) in [7, 11) is 0. The van der Waals surface area contributed by atoms with Gasteiger partial charge in [-0.05, 0) is 26.0 Å². The molecule has 0 saturated carbocycles. The zero-order valence-corrected chi connectivity index (χ0v) is 10.9. The predicted molar refractivity (Wildman–Crippen MR) is 69.9 cm³/mol. The molecule has 0 aromatic carbocycles. The Morgan fingerprint density at radius 2 is 2.32 bits per heavy atom. The van der Waals surface area contributed by atoms with Gasteiger partial charge in [0.15, 0.2) is 0 Å². The summed E-state index contributed by atoms with van der Waals surface area (Å²) in [6.07, 6.45) is 4.58. The molecule has 19 heavy (non-hydrogen) atoms. The van der Waals surface area contributed by atoms with Crippen molar-refractivity contribution in [1.82, 2.24) is 10.3 Å². The highest BCUT2D eigenvalue weighted by Gasteiger charge is 2.10. The van der Waals surface area contributed by atoms with Crippen LogP contribution in [0.25, 0.3) is 0 Å². The van der Waals surface area contributed by atoms with Gasteiger partial charge in [0, 0.05) is 18.3 Å². The van der Waals surface area contributed by atoms with E-state index < -0.39 is 0 Å². The lowest BCUT2D eigenvalue weighted by Crippen LogP contribution is -2.23. The zero-order chi connectivity index (χ0) is 13.7. The molecule has 1 N–H and O–H groups in total. The molecule has 2 rings (SSSR count). The highest BCUT2D eigenvalue weighted by atomic mass is 16.5. The molecule has 2 aromatic heterocycles. The number of rotatable bonds is 5. The Balaban J connectivity index is 2.01. The fourth-order valence-electron chi connectivity index (χ4n) is 1.56. The van der Waals surface area contributed by atoms with Gasteiger partial charge in [0.2, 0.25) is 5.88 Å². The van der Waals surface area contributed by atoms with Gasteiger partial charge in [-0.1, -0.05) is 6.07 Å². The summed E-state index contributed by atoms with van der Waals surface area (Å²) in [5, 5.41) is 2.80. The van der Waals surface area contributed by atoms with Crippen LogP contribution < -0.4 is 10.1 Å². The summed E-state index contributed by atoms with van der Waals surface area (Å²) in [5.41, 5.74) is 1.34. The molecular formula is C14H16N2O3. The van der Waals surface area contributed by atoms with E-state index in [-0.39, 0.29) is 12.0 Å². The van der Waals surface area contributed by atoms with Gasteiger partial charge in [-0.25, -0.2) is 4.98 Å². The van der Waals surface area contributed by atoms with Gasteiger partial charge in [-0.15, -0.1) is 0 Å². The molecule has 5 nitrogen and oxygen atoms in total. The van der Waals surface area contributed by atoms with Crippen LogP contribution in [0.3, 0.4) is 0 Å². The van der Waals surface area contributed by atoms with Crippen LogP contribution in [0.4, 0.5) is 0 Å². The third-order valence-corrected chi connectivity index (χ3v) is 2.42. The number of nitrogens with one attached hydrogen (secondary N) is 1. The summed E-state index contributed by atoms with van der Waals surface area (Å²) < 4.78 is 10.5. The van der Waals surface area contributed by atoms with Crippen molar-refractivity contribution in [2.24, 2.45) is 0 Å². The number of amides is 1. The summed E-state index contributed by atoms with van der Waals surface area (Å²) in [6, 6.07) is 5.30. The molecule has 0 atom stereocenters. The highest BCUT2D eigenvalue weighted by molar-refractivity contribution is 5.93. The third kappa shape index (κ3) is 3.58. The van der Waals surface area contributed by atoms with Gasteiger partial charge in [-0.2, -0.15) is 0 Å². The Labute approximate surface area is 111 Å². The van der Waals surface area contributed by atoms with Crippen molar-refractivity contribution in [3.8, 4) is 5.88 Å². The number of ether oxygens (including phenoxy) is 1. The second-order valence-electron chi connectivity index (χ2n) is 4.33. The number of furan rings is 1. The fraction of sp³-hybridized carbons (Fsp3) is 0.286. The van der Waals surface area contributed by atoms with Crippen molar-refractivity contribution in [3.05, 3.63) is 48.0 Å². The summed E-state index contributed by atoms with van der Waals surface area (Å²) in [4.78, 5) is 15.9. The molecule has 0 unspecified atom stereocenters.